The van der Waals surface area contributed by atoms with E-state index in [1.165, 1.54) is 17.2 Å². The zero-order valence-electron chi connectivity index (χ0n) is 9.89. The fraction of sp³-hybridized carbons (Fsp3) is 0.364. The molecule has 2 aromatic rings. The predicted molar refractivity (Wildman–Crippen MR) is 64.5 cm³/mol. The minimum atomic E-state index is -0.707. The summed E-state index contributed by atoms with van der Waals surface area (Å²) in [6.45, 7) is -0.339. The summed E-state index contributed by atoms with van der Waals surface area (Å²) < 4.78 is 1.42. The van der Waals surface area contributed by atoms with E-state index in [0.717, 1.165) is 0 Å². The number of nitrogens with one attached hydrogen (secondary N) is 1. The van der Waals surface area contributed by atoms with E-state index in [2.05, 4.69) is 15.0 Å². The third-order valence-electron chi connectivity index (χ3n) is 2.85. The fourth-order valence-corrected chi connectivity index (χ4v) is 1.82. The van der Waals surface area contributed by atoms with Gasteiger partial charge in [-0.1, -0.05) is 0 Å². The van der Waals surface area contributed by atoms with Crippen molar-refractivity contribution in [1.29, 1.82) is 0 Å². The Balaban J connectivity index is 2.41. The number of hydrogen-bond donors (Lipinski definition) is 2. The molecule has 2 N–H and O–H groups in total. The molecule has 0 aliphatic heterocycles. The van der Waals surface area contributed by atoms with Crippen LogP contribution < -0.4 is 5.56 Å². The van der Waals surface area contributed by atoms with E-state index in [-0.39, 0.29) is 24.2 Å². The lowest BCUT2D eigenvalue weighted by Gasteiger charge is -2.15. The first-order chi connectivity index (χ1) is 9.21. The first-order valence-electron chi connectivity index (χ1n) is 5.63. The molecule has 0 fully saturated rings. The van der Waals surface area contributed by atoms with Gasteiger partial charge in [0, 0.05) is 5.92 Å². The van der Waals surface area contributed by atoms with Crippen molar-refractivity contribution in [2.45, 2.75) is 12.5 Å². The number of imidazole rings is 1. The number of carbonyl (C=O) groups excluding carboxylic acids is 2. The summed E-state index contributed by atoms with van der Waals surface area (Å²) in [5.74, 6) is -0.644. The summed E-state index contributed by atoms with van der Waals surface area (Å²) in [4.78, 5) is 43.6. The number of aliphatic hydroxyl groups is 1. The van der Waals surface area contributed by atoms with E-state index >= 15 is 0 Å². The Morgan fingerprint density at radius 2 is 2.16 bits per heavy atom. The normalized spacial score (nSPS) is 14.2. The summed E-state index contributed by atoms with van der Waals surface area (Å²) >= 11 is 0. The molecule has 2 atom stereocenters. The number of aromatic nitrogens is 4. The zero-order chi connectivity index (χ0) is 13.8. The maximum absolute atomic E-state index is 11.5. The van der Waals surface area contributed by atoms with E-state index in [4.69, 9.17) is 5.11 Å². The van der Waals surface area contributed by atoms with E-state index < -0.39 is 17.5 Å². The van der Waals surface area contributed by atoms with Crippen LogP contribution in [0, 0.1) is 5.92 Å². The number of aldehydes is 2. The molecule has 2 heterocycles. The van der Waals surface area contributed by atoms with Crippen molar-refractivity contribution in [3.8, 4) is 0 Å². The highest BCUT2D eigenvalue weighted by molar-refractivity contribution is 5.71. The number of aromatic amines is 1. The van der Waals surface area contributed by atoms with E-state index in [1.54, 1.807) is 0 Å². The lowest BCUT2D eigenvalue weighted by molar-refractivity contribution is -0.114. The molecule has 100 valence electrons. The number of hydrogen-bond acceptors (Lipinski definition) is 6. The van der Waals surface area contributed by atoms with Crippen LogP contribution in [0.4, 0.5) is 0 Å². The van der Waals surface area contributed by atoms with Gasteiger partial charge in [0.05, 0.1) is 25.3 Å². The average molecular weight is 264 g/mol. The Kier molecular flexibility index (Phi) is 3.81. The molecule has 0 unspecified atom stereocenters. The Morgan fingerprint density at radius 1 is 1.37 bits per heavy atom. The van der Waals surface area contributed by atoms with Crippen LogP contribution in [0.25, 0.3) is 11.2 Å². The second kappa shape index (κ2) is 5.53. The van der Waals surface area contributed by atoms with Crippen LogP contribution in [-0.4, -0.2) is 43.8 Å². The molecule has 2 aromatic heterocycles. The summed E-state index contributed by atoms with van der Waals surface area (Å²) in [6, 6.07) is -0.707. The van der Waals surface area contributed by atoms with Crippen LogP contribution in [0.15, 0.2) is 17.4 Å². The van der Waals surface area contributed by atoms with Gasteiger partial charge in [-0.2, -0.15) is 0 Å². The number of nitrogens with zero attached hydrogens (tertiary/aromatic N) is 3. The van der Waals surface area contributed by atoms with Crippen molar-refractivity contribution in [1.82, 2.24) is 19.5 Å². The number of rotatable bonds is 6. The Morgan fingerprint density at radius 3 is 2.79 bits per heavy atom. The third-order valence-corrected chi connectivity index (χ3v) is 2.85. The highest BCUT2D eigenvalue weighted by Gasteiger charge is 2.19. The highest BCUT2D eigenvalue weighted by atomic mass is 16.3. The van der Waals surface area contributed by atoms with Gasteiger partial charge < -0.3 is 24.2 Å². The molecule has 0 aliphatic rings. The van der Waals surface area contributed by atoms with Gasteiger partial charge >= 0.3 is 0 Å². The standard InChI is InChI=1S/C11H12N4O4/c16-2-7(3-17)1-8(4-18)15-6-14-9-10(15)12-5-13-11(9)19/h2,4-8,17H,1,3H2,(H,12,13,19)/t7-,8-/m0/s1. The molecule has 0 bridgehead atoms. The minimum Gasteiger partial charge on any atom is -0.396 e. The van der Waals surface area contributed by atoms with Gasteiger partial charge in [-0.25, -0.2) is 9.97 Å². The molecule has 8 heteroatoms. The summed E-state index contributed by atoms with van der Waals surface area (Å²) in [5.41, 5.74) is -0.00747. The Labute approximate surface area is 107 Å². The van der Waals surface area contributed by atoms with E-state index in [9.17, 15) is 14.4 Å². The van der Waals surface area contributed by atoms with Gasteiger partial charge in [-0.05, 0) is 6.42 Å². The monoisotopic (exact) mass is 264 g/mol. The number of aliphatic hydroxyl groups excluding tert-OH is 1. The average Bonchev–Trinajstić information content (AvgIpc) is 2.86. The number of fused-ring (bicyclic) bond motifs is 1. The second-order valence-electron chi connectivity index (χ2n) is 4.07. The Bertz CT molecular complexity index is 647. The molecular formula is C11H12N4O4. The predicted octanol–water partition coefficient (Wildman–Crippen LogP) is -0.943. The fourth-order valence-electron chi connectivity index (χ4n) is 1.82. The molecule has 0 saturated carbocycles. The van der Waals surface area contributed by atoms with Crippen LogP contribution in [-0.2, 0) is 9.59 Å². The first-order valence-corrected chi connectivity index (χ1v) is 5.63. The van der Waals surface area contributed by atoms with Crippen LogP contribution in [0.3, 0.4) is 0 Å². The van der Waals surface area contributed by atoms with Gasteiger partial charge in [0.15, 0.2) is 11.2 Å². The maximum Gasteiger partial charge on any atom is 0.278 e. The Hall–Kier alpha value is -2.35. The van der Waals surface area contributed by atoms with Gasteiger partial charge in [0.2, 0.25) is 0 Å². The van der Waals surface area contributed by atoms with Crippen molar-refractivity contribution in [3.63, 3.8) is 0 Å². The molecule has 8 nitrogen and oxygen atoms in total. The zero-order valence-corrected chi connectivity index (χ0v) is 9.89. The van der Waals surface area contributed by atoms with Gasteiger partial charge in [-0.15, -0.1) is 0 Å². The topological polar surface area (TPSA) is 118 Å². The third kappa shape index (κ3) is 2.43. The second-order valence-corrected chi connectivity index (χ2v) is 4.07. The van der Waals surface area contributed by atoms with Crippen molar-refractivity contribution >= 4 is 23.7 Å². The first kappa shape index (κ1) is 13.1. The summed E-state index contributed by atoms with van der Waals surface area (Å²) in [7, 11) is 0. The smallest absolute Gasteiger partial charge is 0.278 e. The van der Waals surface area contributed by atoms with Crippen molar-refractivity contribution < 1.29 is 14.7 Å². The summed E-state index contributed by atoms with van der Waals surface area (Å²) in [6.07, 6.45) is 3.90. The quantitative estimate of drug-likeness (QED) is 0.650. The molecule has 0 radical (unpaired) electrons. The van der Waals surface area contributed by atoms with Gasteiger partial charge in [-0.3, -0.25) is 4.79 Å². The summed E-state index contributed by atoms with van der Waals surface area (Å²) in [5, 5.41) is 8.98. The van der Waals surface area contributed by atoms with E-state index in [0.29, 0.717) is 12.6 Å². The van der Waals surface area contributed by atoms with Crippen molar-refractivity contribution in [2.24, 2.45) is 5.92 Å². The SMILES string of the molecule is O=C[C@@H](CO)C[C@@H](C=O)n1cnc2c(=O)[nH]cnc21. The number of H-pyrrole nitrogens is 1. The molecule has 0 spiro atoms. The molecule has 0 amide bonds. The molecule has 2 rings (SSSR count). The molecule has 19 heavy (non-hydrogen) atoms. The molecule has 0 saturated heterocycles. The highest BCUT2D eigenvalue weighted by Crippen LogP contribution is 2.18. The molecule has 0 aromatic carbocycles. The van der Waals surface area contributed by atoms with E-state index in [1.807, 2.05) is 0 Å². The van der Waals surface area contributed by atoms with Crippen LogP contribution in [0.2, 0.25) is 0 Å². The lowest BCUT2D eigenvalue weighted by atomic mass is 10.0. The van der Waals surface area contributed by atoms with Gasteiger partial charge in [0.1, 0.15) is 12.6 Å². The maximum atomic E-state index is 11.5. The van der Waals surface area contributed by atoms with Crippen molar-refractivity contribution in [3.05, 3.63) is 23.0 Å². The minimum absolute atomic E-state index is 0.126. The van der Waals surface area contributed by atoms with Crippen LogP contribution in [0.1, 0.15) is 12.5 Å². The van der Waals surface area contributed by atoms with Gasteiger partial charge in [0.25, 0.3) is 5.56 Å². The molecule has 0 aliphatic carbocycles. The van der Waals surface area contributed by atoms with Crippen molar-refractivity contribution in [2.75, 3.05) is 6.61 Å². The number of carbonyl (C=O) groups is 2. The lowest BCUT2D eigenvalue weighted by Crippen LogP contribution is -2.18. The van der Waals surface area contributed by atoms with Crippen LogP contribution in [0.5, 0.6) is 0 Å². The van der Waals surface area contributed by atoms with Crippen LogP contribution >= 0.6 is 0 Å². The largest absolute Gasteiger partial charge is 0.396 e. The molecular weight excluding hydrogens is 252 g/mol.